The van der Waals surface area contributed by atoms with Gasteiger partial charge in [0.15, 0.2) is 0 Å². The summed E-state index contributed by atoms with van der Waals surface area (Å²) in [6.07, 6.45) is 1.74. The van der Waals surface area contributed by atoms with Crippen molar-refractivity contribution in [1.82, 2.24) is 4.98 Å². The van der Waals surface area contributed by atoms with Crippen LogP contribution in [-0.4, -0.2) is 4.98 Å². The lowest BCUT2D eigenvalue weighted by atomic mass is 10.2. The van der Waals surface area contributed by atoms with Crippen molar-refractivity contribution in [2.45, 2.75) is 6.92 Å². The molecule has 0 aliphatic carbocycles. The van der Waals surface area contributed by atoms with Crippen LogP contribution in [0.5, 0.6) is 0 Å². The minimum Gasteiger partial charge on any atom is -0.399 e. The van der Waals surface area contributed by atoms with E-state index < -0.39 is 0 Å². The second kappa shape index (κ2) is 3.18. The summed E-state index contributed by atoms with van der Waals surface area (Å²) < 4.78 is 0. The Morgan fingerprint density at radius 1 is 1.38 bits per heavy atom. The summed E-state index contributed by atoms with van der Waals surface area (Å²) in [6.45, 7) is 2.09. The zero-order valence-corrected chi connectivity index (χ0v) is 8.14. The summed E-state index contributed by atoms with van der Waals surface area (Å²) in [5.41, 5.74) is 8.57. The number of hydrogen-bond donors (Lipinski definition) is 1. The Kier molecular flexibility index (Phi) is 2.02. The summed E-state index contributed by atoms with van der Waals surface area (Å²) in [7, 11) is 0. The van der Waals surface area contributed by atoms with E-state index in [4.69, 9.17) is 5.73 Å². The molecule has 2 aromatic rings. The molecule has 2 nitrogen and oxygen atoms in total. The molecule has 0 saturated heterocycles. The van der Waals surface area contributed by atoms with E-state index in [0.717, 1.165) is 11.4 Å². The number of anilines is 1. The summed E-state index contributed by atoms with van der Waals surface area (Å²) >= 11 is 1.72. The molecule has 2 heterocycles. The van der Waals surface area contributed by atoms with Crippen molar-refractivity contribution >= 4 is 17.0 Å². The number of thiophene rings is 1. The number of aryl methyl sites for hydroxylation is 1. The molecule has 0 fully saturated rings. The van der Waals surface area contributed by atoms with E-state index in [9.17, 15) is 0 Å². The van der Waals surface area contributed by atoms with Crippen LogP contribution < -0.4 is 5.73 Å². The van der Waals surface area contributed by atoms with E-state index in [0.29, 0.717) is 0 Å². The Labute approximate surface area is 81.1 Å². The van der Waals surface area contributed by atoms with Crippen LogP contribution in [0.1, 0.15) is 4.88 Å². The predicted molar refractivity (Wildman–Crippen MR) is 56.7 cm³/mol. The van der Waals surface area contributed by atoms with Crippen LogP contribution in [-0.2, 0) is 0 Å². The molecule has 2 N–H and O–H groups in total. The van der Waals surface area contributed by atoms with Crippen LogP contribution in [0.4, 0.5) is 5.69 Å². The molecular formula is C10H10N2S. The first-order valence-electron chi connectivity index (χ1n) is 4.03. The number of pyridine rings is 1. The minimum absolute atomic E-state index is 0.760. The van der Waals surface area contributed by atoms with Gasteiger partial charge in [0.1, 0.15) is 0 Å². The molecule has 0 saturated carbocycles. The van der Waals surface area contributed by atoms with Gasteiger partial charge in [-0.3, -0.25) is 4.98 Å². The zero-order valence-electron chi connectivity index (χ0n) is 7.32. The molecule has 0 unspecified atom stereocenters. The first kappa shape index (κ1) is 8.26. The molecule has 0 amide bonds. The van der Waals surface area contributed by atoms with Gasteiger partial charge in [0.2, 0.25) is 0 Å². The lowest BCUT2D eigenvalue weighted by molar-refractivity contribution is 1.32. The lowest BCUT2D eigenvalue weighted by Gasteiger charge is -1.99. The van der Waals surface area contributed by atoms with Crippen LogP contribution in [0.2, 0.25) is 0 Å². The standard InChI is InChI=1S/C10H10N2S/c1-7-9(3-5-13-7)10-6-8(11)2-4-12-10/h2-6H,1H3,(H2,11,12). The molecule has 0 spiro atoms. The van der Waals surface area contributed by atoms with Crippen LogP contribution >= 0.6 is 11.3 Å². The molecule has 0 atom stereocenters. The van der Waals surface area contributed by atoms with E-state index in [1.165, 1.54) is 10.4 Å². The molecule has 13 heavy (non-hydrogen) atoms. The number of hydrogen-bond acceptors (Lipinski definition) is 3. The minimum atomic E-state index is 0.760. The zero-order chi connectivity index (χ0) is 9.26. The summed E-state index contributed by atoms with van der Waals surface area (Å²) in [4.78, 5) is 5.55. The second-order valence-electron chi connectivity index (χ2n) is 2.86. The predicted octanol–water partition coefficient (Wildman–Crippen LogP) is 2.70. The second-order valence-corrected chi connectivity index (χ2v) is 3.99. The molecule has 2 aromatic heterocycles. The SMILES string of the molecule is Cc1sccc1-c1cc(N)ccn1. The average Bonchev–Trinajstić information content (AvgIpc) is 2.51. The highest BCUT2D eigenvalue weighted by molar-refractivity contribution is 7.10. The molecule has 0 radical (unpaired) electrons. The molecule has 0 bridgehead atoms. The van der Waals surface area contributed by atoms with Crippen molar-refractivity contribution in [3.63, 3.8) is 0 Å². The monoisotopic (exact) mass is 190 g/mol. The van der Waals surface area contributed by atoms with E-state index in [-0.39, 0.29) is 0 Å². The van der Waals surface area contributed by atoms with Crippen molar-refractivity contribution in [3.8, 4) is 11.3 Å². The van der Waals surface area contributed by atoms with E-state index >= 15 is 0 Å². The van der Waals surface area contributed by atoms with Gasteiger partial charge in [-0.2, -0.15) is 0 Å². The molecular weight excluding hydrogens is 180 g/mol. The molecule has 2 rings (SSSR count). The van der Waals surface area contributed by atoms with Gasteiger partial charge in [0.05, 0.1) is 5.69 Å². The highest BCUT2D eigenvalue weighted by atomic mass is 32.1. The molecule has 0 aliphatic rings. The number of nitrogen functional groups attached to an aromatic ring is 1. The van der Waals surface area contributed by atoms with E-state index in [1.807, 2.05) is 6.07 Å². The fourth-order valence-corrected chi connectivity index (χ4v) is 1.95. The fourth-order valence-electron chi connectivity index (χ4n) is 1.24. The van der Waals surface area contributed by atoms with Crippen LogP contribution in [0.15, 0.2) is 29.8 Å². The van der Waals surface area contributed by atoms with Gasteiger partial charge in [0, 0.05) is 22.3 Å². The van der Waals surface area contributed by atoms with Crippen molar-refractivity contribution < 1.29 is 0 Å². The Hall–Kier alpha value is -1.35. The maximum atomic E-state index is 5.68. The quantitative estimate of drug-likeness (QED) is 0.751. The largest absolute Gasteiger partial charge is 0.399 e. The number of rotatable bonds is 1. The first-order valence-corrected chi connectivity index (χ1v) is 4.91. The average molecular weight is 190 g/mol. The van der Waals surface area contributed by atoms with Crippen molar-refractivity contribution in [3.05, 3.63) is 34.7 Å². The van der Waals surface area contributed by atoms with Crippen LogP contribution in [0.25, 0.3) is 11.3 Å². The van der Waals surface area contributed by atoms with E-state index in [2.05, 4.69) is 23.4 Å². The highest BCUT2D eigenvalue weighted by Crippen LogP contribution is 2.26. The number of nitrogens with two attached hydrogens (primary N) is 1. The maximum Gasteiger partial charge on any atom is 0.0733 e. The van der Waals surface area contributed by atoms with Crippen molar-refractivity contribution in [1.29, 1.82) is 0 Å². The van der Waals surface area contributed by atoms with Gasteiger partial charge >= 0.3 is 0 Å². The summed E-state index contributed by atoms with van der Waals surface area (Å²) in [5.74, 6) is 0. The molecule has 0 aliphatic heterocycles. The van der Waals surface area contributed by atoms with Crippen molar-refractivity contribution in [2.75, 3.05) is 5.73 Å². The Balaban J connectivity index is 2.53. The van der Waals surface area contributed by atoms with Gasteiger partial charge in [-0.05, 0) is 30.5 Å². The fraction of sp³-hybridized carbons (Fsp3) is 0.100. The number of nitrogens with zero attached hydrogens (tertiary/aromatic N) is 1. The molecule has 66 valence electrons. The third-order valence-corrected chi connectivity index (χ3v) is 2.76. The Bertz CT molecular complexity index is 420. The first-order chi connectivity index (χ1) is 6.27. The highest BCUT2D eigenvalue weighted by Gasteiger charge is 2.03. The van der Waals surface area contributed by atoms with Gasteiger partial charge in [-0.1, -0.05) is 0 Å². The maximum absolute atomic E-state index is 5.68. The number of aromatic nitrogens is 1. The van der Waals surface area contributed by atoms with Gasteiger partial charge in [-0.15, -0.1) is 11.3 Å². The van der Waals surface area contributed by atoms with Gasteiger partial charge in [0.25, 0.3) is 0 Å². The van der Waals surface area contributed by atoms with Gasteiger partial charge < -0.3 is 5.73 Å². The summed E-state index contributed by atoms with van der Waals surface area (Å²) in [5, 5.41) is 2.07. The van der Waals surface area contributed by atoms with Crippen molar-refractivity contribution in [2.24, 2.45) is 0 Å². The molecule has 3 heteroatoms. The smallest absolute Gasteiger partial charge is 0.0733 e. The third kappa shape index (κ3) is 1.55. The Morgan fingerprint density at radius 2 is 2.23 bits per heavy atom. The summed E-state index contributed by atoms with van der Waals surface area (Å²) in [6, 6.07) is 5.77. The van der Waals surface area contributed by atoms with Crippen LogP contribution in [0.3, 0.4) is 0 Å². The third-order valence-electron chi connectivity index (χ3n) is 1.92. The Morgan fingerprint density at radius 3 is 2.85 bits per heavy atom. The van der Waals surface area contributed by atoms with Gasteiger partial charge in [-0.25, -0.2) is 0 Å². The topological polar surface area (TPSA) is 38.9 Å². The normalized spacial score (nSPS) is 10.2. The van der Waals surface area contributed by atoms with E-state index in [1.54, 1.807) is 23.6 Å². The molecule has 0 aromatic carbocycles. The lowest BCUT2D eigenvalue weighted by Crippen LogP contribution is -1.88. The van der Waals surface area contributed by atoms with Crippen LogP contribution in [0, 0.1) is 6.92 Å².